The molecule has 1 amide bonds. The maximum Gasteiger partial charge on any atom is 0.328 e. The van der Waals surface area contributed by atoms with E-state index in [9.17, 15) is 19.5 Å². The molecular formula is C32H35N3O7. The summed E-state index contributed by atoms with van der Waals surface area (Å²) in [6, 6.07) is 23.8. The first-order valence-corrected chi connectivity index (χ1v) is 13.4. The third-order valence-corrected chi connectivity index (χ3v) is 7.08. The molecule has 10 heteroatoms. The Bertz CT molecular complexity index is 1550. The van der Waals surface area contributed by atoms with Crippen LogP contribution in [0.2, 0.25) is 0 Å². The van der Waals surface area contributed by atoms with Gasteiger partial charge in [-0.1, -0.05) is 54.6 Å². The number of rotatable bonds is 12. The third kappa shape index (κ3) is 6.62. The van der Waals surface area contributed by atoms with E-state index in [2.05, 4.69) is 10.3 Å². The van der Waals surface area contributed by atoms with Crippen molar-refractivity contribution in [1.82, 2.24) is 14.9 Å². The zero-order valence-corrected chi connectivity index (χ0v) is 24.0. The molecule has 3 N–H and O–H groups in total. The average Bonchev–Trinajstić information content (AvgIpc) is 3.00. The summed E-state index contributed by atoms with van der Waals surface area (Å²) in [5.74, 6) is 0.826. The minimum Gasteiger partial charge on any atom is -0.497 e. The van der Waals surface area contributed by atoms with Gasteiger partial charge in [-0.05, 0) is 54.8 Å². The van der Waals surface area contributed by atoms with Gasteiger partial charge in [0.15, 0.2) is 0 Å². The van der Waals surface area contributed by atoms with Crippen LogP contribution in [0.5, 0.6) is 11.5 Å². The van der Waals surface area contributed by atoms with Gasteiger partial charge in [0.1, 0.15) is 23.6 Å². The van der Waals surface area contributed by atoms with Crippen LogP contribution in [0.1, 0.15) is 29.2 Å². The van der Waals surface area contributed by atoms with Crippen molar-refractivity contribution in [2.45, 2.75) is 38.1 Å². The van der Waals surface area contributed by atoms with Crippen LogP contribution in [0, 0.1) is 6.92 Å². The van der Waals surface area contributed by atoms with E-state index < -0.39 is 34.9 Å². The molecule has 0 radical (unpaired) electrons. The number of aliphatic hydroxyl groups excluding tert-OH is 1. The molecule has 10 nitrogen and oxygen atoms in total. The summed E-state index contributed by atoms with van der Waals surface area (Å²) in [5, 5.41) is 13.4. The Hall–Kier alpha value is -4.67. The van der Waals surface area contributed by atoms with Gasteiger partial charge in [0, 0.05) is 11.8 Å². The van der Waals surface area contributed by atoms with Crippen LogP contribution in [0.4, 0.5) is 0 Å². The van der Waals surface area contributed by atoms with Crippen molar-refractivity contribution in [2.75, 3.05) is 20.8 Å². The number of methoxy groups -OCH3 is 2. The second kappa shape index (κ2) is 13.3. The molecule has 0 saturated heterocycles. The number of hydrogen-bond donors (Lipinski definition) is 3. The van der Waals surface area contributed by atoms with Crippen molar-refractivity contribution in [1.29, 1.82) is 0 Å². The molecule has 0 aliphatic heterocycles. The van der Waals surface area contributed by atoms with Crippen LogP contribution in [-0.2, 0) is 21.7 Å². The number of H-pyrrole nitrogens is 1. The minimum absolute atomic E-state index is 0.0874. The number of carbonyl (C=O) groups excluding carboxylic acids is 1. The van der Waals surface area contributed by atoms with Crippen LogP contribution in [0.3, 0.4) is 0 Å². The summed E-state index contributed by atoms with van der Waals surface area (Å²) in [7, 11) is 3.19. The SMILES string of the molecule is COc1ccc(C(OC[C@H](NC(=O)Cn2cc(C)c(=O)[nH]c2=O)[C@H](C)O)(c2ccccc2)c2ccc(OC)cc2)cc1. The molecule has 4 rings (SSSR count). The lowest BCUT2D eigenvalue weighted by Gasteiger charge is -2.37. The topological polar surface area (TPSA) is 132 Å². The van der Waals surface area contributed by atoms with Gasteiger partial charge in [-0.25, -0.2) is 4.79 Å². The van der Waals surface area contributed by atoms with E-state index in [0.717, 1.165) is 21.3 Å². The van der Waals surface area contributed by atoms with Gasteiger partial charge in [0.2, 0.25) is 5.91 Å². The summed E-state index contributed by atoms with van der Waals surface area (Å²) in [4.78, 5) is 39.1. The fourth-order valence-corrected chi connectivity index (χ4v) is 4.73. The van der Waals surface area contributed by atoms with Crippen molar-refractivity contribution >= 4 is 5.91 Å². The number of hydrogen-bond acceptors (Lipinski definition) is 7. The van der Waals surface area contributed by atoms with Crippen molar-refractivity contribution in [3.8, 4) is 11.5 Å². The summed E-state index contributed by atoms with van der Waals surface area (Å²) in [5.41, 5.74) is 0.353. The van der Waals surface area contributed by atoms with Gasteiger partial charge in [-0.15, -0.1) is 0 Å². The predicted octanol–water partition coefficient (Wildman–Crippen LogP) is 2.74. The molecule has 0 spiro atoms. The minimum atomic E-state index is -1.15. The number of aryl methyl sites for hydroxylation is 1. The Labute approximate surface area is 243 Å². The lowest BCUT2D eigenvalue weighted by Crippen LogP contribution is -2.49. The van der Waals surface area contributed by atoms with Crippen LogP contribution in [0.25, 0.3) is 0 Å². The smallest absolute Gasteiger partial charge is 0.328 e. The van der Waals surface area contributed by atoms with E-state index in [1.807, 2.05) is 78.9 Å². The van der Waals surface area contributed by atoms with Crippen LogP contribution in [0.15, 0.2) is 94.6 Å². The molecule has 4 aromatic rings. The molecule has 0 aliphatic rings. The van der Waals surface area contributed by atoms with Gasteiger partial charge >= 0.3 is 5.69 Å². The highest BCUT2D eigenvalue weighted by Gasteiger charge is 2.39. The van der Waals surface area contributed by atoms with E-state index in [1.165, 1.54) is 6.20 Å². The van der Waals surface area contributed by atoms with E-state index in [4.69, 9.17) is 14.2 Å². The number of aliphatic hydroxyl groups is 1. The number of nitrogens with one attached hydrogen (secondary N) is 2. The molecule has 42 heavy (non-hydrogen) atoms. The zero-order chi connectivity index (χ0) is 30.3. The number of ether oxygens (including phenoxy) is 3. The van der Waals surface area contributed by atoms with E-state index in [1.54, 1.807) is 28.1 Å². The molecule has 1 aromatic heterocycles. The molecule has 0 bridgehead atoms. The Morgan fingerprint density at radius 1 is 0.905 bits per heavy atom. The fraction of sp³-hybridized carbons (Fsp3) is 0.281. The molecule has 0 aliphatic carbocycles. The number of aromatic nitrogens is 2. The van der Waals surface area contributed by atoms with E-state index >= 15 is 0 Å². The Morgan fingerprint density at radius 3 is 1.93 bits per heavy atom. The maximum atomic E-state index is 13.0. The molecule has 0 saturated carbocycles. The molecule has 2 atom stereocenters. The van der Waals surface area contributed by atoms with Gasteiger partial charge in [0.05, 0.1) is 33.0 Å². The fourth-order valence-electron chi connectivity index (χ4n) is 4.73. The lowest BCUT2D eigenvalue weighted by atomic mass is 9.80. The maximum absolute atomic E-state index is 13.0. The molecular weight excluding hydrogens is 538 g/mol. The third-order valence-electron chi connectivity index (χ3n) is 7.08. The quantitative estimate of drug-likeness (QED) is 0.222. The molecule has 3 aromatic carbocycles. The van der Waals surface area contributed by atoms with E-state index in [0.29, 0.717) is 17.1 Å². The van der Waals surface area contributed by atoms with Crippen molar-refractivity contribution in [3.63, 3.8) is 0 Å². The molecule has 1 heterocycles. The van der Waals surface area contributed by atoms with Crippen molar-refractivity contribution in [2.24, 2.45) is 0 Å². The van der Waals surface area contributed by atoms with Gasteiger partial charge in [-0.2, -0.15) is 0 Å². The number of amides is 1. The monoisotopic (exact) mass is 573 g/mol. The summed E-state index contributed by atoms with van der Waals surface area (Å²) >= 11 is 0. The van der Waals surface area contributed by atoms with Crippen LogP contribution < -0.4 is 26.0 Å². The number of aromatic amines is 1. The summed E-state index contributed by atoms with van der Waals surface area (Å²) in [6.07, 6.45) is 0.325. The van der Waals surface area contributed by atoms with Crippen LogP contribution in [-0.4, -0.2) is 53.5 Å². The number of carbonyl (C=O) groups is 1. The van der Waals surface area contributed by atoms with Gasteiger partial charge in [-0.3, -0.25) is 19.1 Å². The van der Waals surface area contributed by atoms with Gasteiger partial charge in [0.25, 0.3) is 5.56 Å². The molecule has 0 unspecified atom stereocenters. The Morgan fingerprint density at radius 2 is 1.43 bits per heavy atom. The van der Waals surface area contributed by atoms with Gasteiger partial charge < -0.3 is 24.6 Å². The highest BCUT2D eigenvalue weighted by atomic mass is 16.5. The standard InChI is InChI=1S/C32H35N3O7/c1-21-18-35(31(39)34-30(21)38)19-29(37)33-28(22(2)36)20-42-32(23-8-6-5-7-9-23,24-10-14-26(40-3)15-11-24)25-12-16-27(41-4)17-13-25/h5-18,22,28,36H,19-20H2,1-4H3,(H,33,37)(H,34,38,39)/t22-,28-/m0/s1. The normalized spacial score (nSPS) is 12.8. The van der Waals surface area contributed by atoms with E-state index in [-0.39, 0.29) is 13.2 Å². The average molecular weight is 574 g/mol. The second-order valence-corrected chi connectivity index (χ2v) is 9.93. The first-order chi connectivity index (χ1) is 20.2. The molecule has 220 valence electrons. The largest absolute Gasteiger partial charge is 0.497 e. The van der Waals surface area contributed by atoms with Crippen molar-refractivity contribution < 1.29 is 24.1 Å². The summed E-state index contributed by atoms with van der Waals surface area (Å²) in [6.45, 7) is 2.66. The number of nitrogens with zero attached hydrogens (tertiary/aromatic N) is 1. The molecule has 0 fully saturated rings. The summed E-state index contributed by atoms with van der Waals surface area (Å²) < 4.78 is 18.7. The lowest BCUT2D eigenvalue weighted by molar-refractivity contribution is -0.124. The first kappa shape index (κ1) is 30.3. The Kier molecular flexibility index (Phi) is 9.61. The highest BCUT2D eigenvalue weighted by molar-refractivity contribution is 5.76. The first-order valence-electron chi connectivity index (χ1n) is 13.4. The van der Waals surface area contributed by atoms with Crippen molar-refractivity contribution in [3.05, 3.63) is 128 Å². The predicted molar refractivity (Wildman–Crippen MR) is 158 cm³/mol. The number of benzene rings is 3. The van der Waals surface area contributed by atoms with Crippen LogP contribution >= 0.6 is 0 Å². The zero-order valence-electron chi connectivity index (χ0n) is 24.0. The second-order valence-electron chi connectivity index (χ2n) is 9.93. The highest BCUT2D eigenvalue weighted by Crippen LogP contribution is 2.41. The Balaban J connectivity index is 1.72.